The summed E-state index contributed by atoms with van der Waals surface area (Å²) in [5.74, 6) is -4.75. The van der Waals surface area contributed by atoms with Gasteiger partial charge in [0.2, 0.25) is 5.91 Å². The average Bonchev–Trinajstić information content (AvgIpc) is 2.85. The van der Waals surface area contributed by atoms with E-state index in [1.54, 1.807) is 6.33 Å². The van der Waals surface area contributed by atoms with Crippen LogP contribution in [0.15, 0.2) is 43.0 Å². The Morgan fingerprint density at radius 1 is 0.895 bits per heavy atom. The number of aliphatic hydroxyl groups is 1. The second-order valence-corrected chi connectivity index (χ2v) is 9.56. The Bertz CT molecular complexity index is 1090. The molecule has 0 saturated carbocycles. The Morgan fingerprint density at radius 2 is 1.39 bits per heavy atom. The molecule has 0 spiro atoms. The van der Waals surface area contributed by atoms with Crippen LogP contribution in [0.1, 0.15) is 43.9 Å². The van der Waals surface area contributed by atoms with Crippen LogP contribution in [0, 0.1) is 5.92 Å². The minimum atomic E-state index is -2.74. The van der Waals surface area contributed by atoms with Crippen LogP contribution in [0.2, 0.25) is 5.02 Å². The molecule has 206 valence electrons. The highest BCUT2D eigenvalue weighted by atomic mass is 35.5. The highest BCUT2D eigenvalue weighted by Gasteiger charge is 2.40. The number of aromatic nitrogens is 2. The van der Waals surface area contributed by atoms with Crippen LogP contribution >= 0.6 is 11.6 Å². The van der Waals surface area contributed by atoms with E-state index >= 15 is 0 Å². The summed E-state index contributed by atoms with van der Waals surface area (Å²) in [5.41, 5.74) is -0.534. The lowest BCUT2D eigenvalue weighted by molar-refractivity contribution is -0.170. The van der Waals surface area contributed by atoms with E-state index in [2.05, 4.69) is 14.9 Å². The number of carboxylic acids is 3. The van der Waals surface area contributed by atoms with Crippen molar-refractivity contribution in [1.29, 1.82) is 0 Å². The second kappa shape index (κ2) is 13.8. The number of piperazine rings is 1. The number of halogens is 1. The minimum absolute atomic E-state index is 0.0427. The van der Waals surface area contributed by atoms with Gasteiger partial charge in [0.1, 0.15) is 6.33 Å². The number of nitrogens with zero attached hydrogens (tertiary/aromatic N) is 4. The van der Waals surface area contributed by atoms with E-state index in [9.17, 15) is 19.2 Å². The predicted molar refractivity (Wildman–Crippen MR) is 135 cm³/mol. The number of rotatable bonds is 9. The van der Waals surface area contributed by atoms with Gasteiger partial charge < -0.3 is 25.3 Å². The van der Waals surface area contributed by atoms with Crippen molar-refractivity contribution in [2.24, 2.45) is 5.92 Å². The quantitative estimate of drug-likeness (QED) is 0.357. The number of benzene rings is 1. The summed E-state index contributed by atoms with van der Waals surface area (Å²) in [5, 5.41) is 34.5. The van der Waals surface area contributed by atoms with Crippen molar-refractivity contribution >= 4 is 35.4 Å². The molecule has 4 N–H and O–H groups in total. The van der Waals surface area contributed by atoms with Crippen LogP contribution in [0.25, 0.3) is 0 Å². The Morgan fingerprint density at radius 3 is 1.82 bits per heavy atom. The van der Waals surface area contributed by atoms with E-state index in [-0.39, 0.29) is 17.9 Å². The smallest absolute Gasteiger partial charge is 0.336 e. The molecule has 1 amide bonds. The van der Waals surface area contributed by atoms with E-state index in [4.69, 9.17) is 32.0 Å². The van der Waals surface area contributed by atoms with Crippen molar-refractivity contribution in [3.63, 3.8) is 0 Å². The van der Waals surface area contributed by atoms with E-state index in [0.29, 0.717) is 0 Å². The van der Waals surface area contributed by atoms with Crippen LogP contribution in [0.3, 0.4) is 0 Å². The van der Waals surface area contributed by atoms with Crippen LogP contribution in [0.5, 0.6) is 0 Å². The van der Waals surface area contributed by atoms with Gasteiger partial charge in [-0.1, -0.05) is 37.6 Å². The van der Waals surface area contributed by atoms with Gasteiger partial charge in [-0.05, 0) is 17.7 Å². The molecule has 1 saturated heterocycles. The number of hydrogen-bond acceptors (Lipinski definition) is 8. The standard InChI is InChI=1S/C19H23ClN4O.C6H8O7/c1-14(2)19(25)24-9-7-23(8-10-24)18(16-11-21-13-22-12-16)15-3-5-17(20)6-4-15;7-3(8)1-6(13,5(11)12)2-4(9)10/h3-6,11-14,18H,7-10H2,1-2H3;13H,1-2H2,(H,7,8)(H,9,10)(H,11,12). The molecule has 1 unspecified atom stereocenters. The topological polar surface area (TPSA) is 181 Å². The second-order valence-electron chi connectivity index (χ2n) is 9.12. The molecule has 1 aliphatic heterocycles. The number of carbonyl (C=O) groups excluding carboxylic acids is 1. The van der Waals surface area contributed by atoms with Crippen LogP contribution in [-0.2, 0) is 19.2 Å². The number of carboxylic acid groups (broad SMARTS) is 3. The Labute approximate surface area is 224 Å². The molecule has 1 aromatic carbocycles. The maximum atomic E-state index is 12.2. The molecule has 13 heteroatoms. The first-order valence-electron chi connectivity index (χ1n) is 11.8. The van der Waals surface area contributed by atoms with E-state index in [1.165, 1.54) is 0 Å². The summed E-state index contributed by atoms with van der Waals surface area (Å²) >= 11 is 6.05. The van der Waals surface area contributed by atoms with Gasteiger partial charge in [-0.25, -0.2) is 14.8 Å². The fourth-order valence-electron chi connectivity index (χ4n) is 3.99. The first kappa shape index (κ1) is 30.6. The zero-order valence-corrected chi connectivity index (χ0v) is 21.8. The van der Waals surface area contributed by atoms with Crippen molar-refractivity contribution < 1.29 is 39.6 Å². The maximum Gasteiger partial charge on any atom is 0.336 e. The Balaban J connectivity index is 0.000000332. The molecule has 12 nitrogen and oxygen atoms in total. The van der Waals surface area contributed by atoms with Gasteiger partial charge in [-0.3, -0.25) is 19.3 Å². The Hall–Kier alpha value is -3.61. The summed E-state index contributed by atoms with van der Waals surface area (Å²) < 4.78 is 0. The molecule has 1 fully saturated rings. The van der Waals surface area contributed by atoms with Gasteiger partial charge in [-0.2, -0.15) is 0 Å². The van der Waals surface area contributed by atoms with Gasteiger partial charge in [0.05, 0.1) is 18.9 Å². The molecule has 1 atom stereocenters. The SMILES string of the molecule is CC(C)C(=O)N1CCN(C(c2ccc(Cl)cc2)c2cncnc2)CC1.O=C(O)CC(O)(CC(=O)O)C(=O)O. The highest BCUT2D eigenvalue weighted by molar-refractivity contribution is 6.30. The van der Waals surface area contributed by atoms with Gasteiger partial charge >= 0.3 is 17.9 Å². The van der Waals surface area contributed by atoms with Crippen molar-refractivity contribution in [2.75, 3.05) is 26.2 Å². The fraction of sp³-hybridized carbons (Fsp3) is 0.440. The number of amides is 1. The molecule has 0 bridgehead atoms. The van der Waals surface area contributed by atoms with Crippen LogP contribution in [0.4, 0.5) is 0 Å². The van der Waals surface area contributed by atoms with Crippen LogP contribution in [-0.4, -0.2) is 95.8 Å². The van der Waals surface area contributed by atoms with Crippen molar-refractivity contribution in [3.05, 3.63) is 59.1 Å². The molecule has 38 heavy (non-hydrogen) atoms. The molecule has 0 radical (unpaired) electrons. The minimum Gasteiger partial charge on any atom is -0.481 e. The van der Waals surface area contributed by atoms with Gasteiger partial charge in [0.25, 0.3) is 0 Å². The van der Waals surface area contributed by atoms with E-state index < -0.39 is 36.4 Å². The third-order valence-corrected chi connectivity index (χ3v) is 6.10. The molecule has 2 heterocycles. The molecule has 1 aliphatic rings. The normalized spacial score (nSPS) is 14.8. The zero-order chi connectivity index (χ0) is 28.5. The molecule has 1 aromatic heterocycles. The lowest BCUT2D eigenvalue weighted by Gasteiger charge is -2.40. The van der Waals surface area contributed by atoms with Gasteiger partial charge in [0, 0.05) is 55.1 Å². The summed E-state index contributed by atoms with van der Waals surface area (Å²) in [7, 11) is 0. The molecule has 2 aromatic rings. The van der Waals surface area contributed by atoms with Gasteiger partial charge in [-0.15, -0.1) is 0 Å². The summed E-state index contributed by atoms with van der Waals surface area (Å²) in [4.78, 5) is 55.4. The number of aliphatic carboxylic acids is 3. The molecule has 3 rings (SSSR count). The van der Waals surface area contributed by atoms with E-state index in [1.807, 2.05) is 55.4 Å². The molecular weight excluding hydrogens is 520 g/mol. The highest BCUT2D eigenvalue weighted by Crippen LogP contribution is 2.30. The Kier molecular flexibility index (Phi) is 11.1. The van der Waals surface area contributed by atoms with Crippen molar-refractivity contribution in [3.8, 4) is 0 Å². The first-order chi connectivity index (χ1) is 17.8. The maximum absolute atomic E-state index is 12.2. The first-order valence-corrected chi connectivity index (χ1v) is 12.1. The fourth-order valence-corrected chi connectivity index (χ4v) is 4.12. The molecular formula is C25H31ClN4O8. The molecule has 0 aliphatic carbocycles. The summed E-state index contributed by atoms with van der Waals surface area (Å²) in [6, 6.07) is 7.98. The number of carbonyl (C=O) groups is 4. The monoisotopic (exact) mass is 550 g/mol. The third-order valence-electron chi connectivity index (χ3n) is 5.85. The van der Waals surface area contributed by atoms with Gasteiger partial charge in [0.15, 0.2) is 5.60 Å². The summed E-state index contributed by atoms with van der Waals surface area (Å²) in [6.45, 7) is 7.03. The average molecular weight is 551 g/mol. The largest absolute Gasteiger partial charge is 0.481 e. The lowest BCUT2D eigenvalue weighted by Crippen LogP contribution is -2.50. The van der Waals surface area contributed by atoms with Crippen molar-refractivity contribution in [1.82, 2.24) is 19.8 Å². The third kappa shape index (κ3) is 8.75. The predicted octanol–water partition coefficient (Wildman–Crippen LogP) is 1.77. The summed E-state index contributed by atoms with van der Waals surface area (Å²) in [6.07, 6.45) is 2.97. The zero-order valence-electron chi connectivity index (χ0n) is 21.0. The lowest BCUT2D eigenvalue weighted by atomic mass is 9.96. The van der Waals surface area contributed by atoms with E-state index in [0.717, 1.165) is 42.3 Å². The number of hydrogen-bond donors (Lipinski definition) is 4. The van der Waals surface area contributed by atoms with Crippen LogP contribution < -0.4 is 0 Å². The van der Waals surface area contributed by atoms with Crippen molar-refractivity contribution in [2.45, 2.75) is 38.3 Å².